The van der Waals surface area contributed by atoms with E-state index in [2.05, 4.69) is 26.9 Å². The zero-order chi connectivity index (χ0) is 31.3. The summed E-state index contributed by atoms with van der Waals surface area (Å²) in [7, 11) is 1.69. The molecule has 230 valence electrons. The van der Waals surface area contributed by atoms with Crippen LogP contribution in [0, 0.1) is 0 Å². The van der Waals surface area contributed by atoms with E-state index in [9.17, 15) is 26.3 Å². The van der Waals surface area contributed by atoms with E-state index in [4.69, 9.17) is 4.74 Å². The van der Waals surface area contributed by atoms with Crippen molar-refractivity contribution < 1.29 is 31.1 Å². The van der Waals surface area contributed by atoms with Gasteiger partial charge >= 0.3 is 12.4 Å². The molecule has 2 fully saturated rings. The molecule has 0 amide bonds. The van der Waals surface area contributed by atoms with Crippen molar-refractivity contribution in [2.75, 3.05) is 0 Å². The number of rotatable bonds is 7. The highest BCUT2D eigenvalue weighted by atomic mass is 19.4. The number of hydrogen-bond donors (Lipinski definition) is 0. The van der Waals surface area contributed by atoms with Gasteiger partial charge in [-0.1, -0.05) is 67.2 Å². The molecule has 4 aromatic rings. The van der Waals surface area contributed by atoms with Crippen LogP contribution in [-0.2, 0) is 36.2 Å². The first-order valence-corrected chi connectivity index (χ1v) is 14.1. The van der Waals surface area contributed by atoms with Crippen molar-refractivity contribution in [2.45, 2.75) is 61.8 Å². The predicted octanol–water partition coefficient (Wildman–Crippen LogP) is 7.35. The summed E-state index contributed by atoms with van der Waals surface area (Å²) in [6.45, 7) is 4.37. The Bertz CT molecular complexity index is 1610. The van der Waals surface area contributed by atoms with E-state index < -0.39 is 35.1 Å². The number of halogens is 6. The molecule has 2 saturated heterocycles. The third kappa shape index (κ3) is 5.47. The van der Waals surface area contributed by atoms with Crippen molar-refractivity contribution in [1.82, 2.24) is 25.1 Å². The molecular formula is C32H29F6N5O. The van der Waals surface area contributed by atoms with Gasteiger partial charge in [-0.2, -0.15) is 31.1 Å². The summed E-state index contributed by atoms with van der Waals surface area (Å²) in [6.07, 6.45) is -9.05. The van der Waals surface area contributed by atoms with Crippen LogP contribution < -0.4 is 0 Å². The Balaban J connectivity index is 1.45. The molecule has 12 heteroatoms. The van der Waals surface area contributed by atoms with E-state index in [1.807, 2.05) is 60.7 Å². The van der Waals surface area contributed by atoms with Gasteiger partial charge in [0.1, 0.15) is 11.9 Å². The van der Waals surface area contributed by atoms with Crippen molar-refractivity contribution in [3.05, 3.63) is 119 Å². The van der Waals surface area contributed by atoms with Gasteiger partial charge < -0.3 is 4.74 Å². The number of piperidine rings is 1. The summed E-state index contributed by atoms with van der Waals surface area (Å²) in [5.41, 5.74) is -2.11. The lowest BCUT2D eigenvalue weighted by atomic mass is 9.78. The van der Waals surface area contributed by atoms with Gasteiger partial charge in [-0.3, -0.25) is 4.90 Å². The van der Waals surface area contributed by atoms with Gasteiger partial charge in [0.15, 0.2) is 5.82 Å². The van der Waals surface area contributed by atoms with Crippen molar-refractivity contribution in [3.8, 4) is 0 Å². The van der Waals surface area contributed by atoms with E-state index in [1.165, 1.54) is 4.80 Å². The van der Waals surface area contributed by atoms with Crippen LogP contribution in [0.4, 0.5) is 26.3 Å². The maximum Gasteiger partial charge on any atom is 0.416 e. The summed E-state index contributed by atoms with van der Waals surface area (Å²) in [6, 6.07) is 20.8. The van der Waals surface area contributed by atoms with Gasteiger partial charge in [0.05, 0.1) is 23.7 Å². The van der Waals surface area contributed by atoms with Gasteiger partial charge in [-0.25, -0.2) is 0 Å². The number of aromatic nitrogens is 4. The number of nitrogens with zero attached hydrogens (tertiary/aromatic N) is 5. The maximum absolute atomic E-state index is 13.7. The predicted molar refractivity (Wildman–Crippen MR) is 150 cm³/mol. The fourth-order valence-electron chi connectivity index (χ4n) is 6.79. The van der Waals surface area contributed by atoms with E-state index in [0.29, 0.717) is 43.8 Å². The highest BCUT2D eigenvalue weighted by Crippen LogP contribution is 2.57. The first-order chi connectivity index (χ1) is 20.9. The van der Waals surface area contributed by atoms with Gasteiger partial charge in [0, 0.05) is 24.1 Å². The topological polar surface area (TPSA) is 56.1 Å². The van der Waals surface area contributed by atoms with Crippen LogP contribution in [0.5, 0.6) is 0 Å². The SMILES string of the molecule is C=C(O[C@@H]1CC[C@H]2[C@H](c3nnn(C)n3)C[C@]1(c1ccccc1)N2Cc1ccccc1)c1cc(C(F)(F)F)cc(C(F)(F)F)c1. The highest BCUT2D eigenvalue weighted by molar-refractivity contribution is 5.60. The lowest BCUT2D eigenvalue weighted by molar-refractivity contribution is -0.143. The Hall–Kier alpha value is -4.19. The molecule has 2 aliphatic rings. The van der Waals surface area contributed by atoms with Gasteiger partial charge in [0.25, 0.3) is 0 Å². The standard InChI is InChI=1S/C32H29F6N5O/c1-20(22-15-24(31(33,34)35)17-25(16-22)32(36,37)38)44-28-14-13-27-26(29-39-41-42(2)40-29)18-30(28,23-11-7-4-8-12-23)43(27)19-21-9-5-3-6-10-21/h3-12,15-17,26-28H,1,13-14,18-19H2,2H3/t26-,27+,28-,30-/m1/s1. The summed E-state index contributed by atoms with van der Waals surface area (Å²) in [4.78, 5) is 3.73. The quantitative estimate of drug-likeness (QED) is 0.161. The lowest BCUT2D eigenvalue weighted by Crippen LogP contribution is -2.56. The van der Waals surface area contributed by atoms with E-state index >= 15 is 0 Å². The fourth-order valence-corrected chi connectivity index (χ4v) is 6.79. The van der Waals surface area contributed by atoms with Crippen molar-refractivity contribution >= 4 is 5.76 Å². The molecule has 4 atom stereocenters. The molecule has 6 rings (SSSR count). The second-order valence-electron chi connectivity index (χ2n) is 11.3. The van der Waals surface area contributed by atoms with Crippen molar-refractivity contribution in [1.29, 1.82) is 0 Å². The van der Waals surface area contributed by atoms with Crippen molar-refractivity contribution in [3.63, 3.8) is 0 Å². The van der Waals surface area contributed by atoms with E-state index in [1.54, 1.807) is 7.05 Å². The number of benzene rings is 3. The molecule has 44 heavy (non-hydrogen) atoms. The summed E-state index contributed by atoms with van der Waals surface area (Å²) < 4.78 is 88.4. The molecule has 3 aromatic carbocycles. The molecule has 0 radical (unpaired) electrons. The Morgan fingerprint density at radius 3 is 2.09 bits per heavy atom. The first-order valence-electron chi connectivity index (χ1n) is 14.1. The highest BCUT2D eigenvalue weighted by Gasteiger charge is 2.61. The number of aryl methyl sites for hydroxylation is 1. The molecule has 0 saturated carbocycles. The molecule has 6 nitrogen and oxygen atoms in total. The fraction of sp³-hybridized carbons (Fsp3) is 0.344. The minimum Gasteiger partial charge on any atom is -0.488 e. The average Bonchev–Trinajstić information content (AvgIpc) is 3.51. The molecule has 1 aromatic heterocycles. The molecule has 0 unspecified atom stereocenters. The maximum atomic E-state index is 13.7. The third-order valence-corrected chi connectivity index (χ3v) is 8.68. The first kappa shape index (κ1) is 29.9. The molecule has 0 aliphatic carbocycles. The minimum atomic E-state index is -4.99. The van der Waals surface area contributed by atoms with Crippen LogP contribution >= 0.6 is 0 Å². The van der Waals surface area contributed by atoms with Gasteiger partial charge in [-0.05, 0) is 53.8 Å². The summed E-state index contributed by atoms with van der Waals surface area (Å²) in [5.74, 6) is 0.154. The molecule has 0 spiro atoms. The Kier molecular flexibility index (Phi) is 7.51. The Morgan fingerprint density at radius 2 is 1.52 bits per heavy atom. The largest absolute Gasteiger partial charge is 0.488 e. The normalized spacial score (nSPS) is 23.9. The minimum absolute atomic E-state index is 0.0295. The van der Waals surface area contributed by atoms with Gasteiger partial charge in [0.2, 0.25) is 0 Å². The van der Waals surface area contributed by atoms with Crippen LogP contribution in [0.15, 0.2) is 85.4 Å². The average molecular weight is 614 g/mol. The van der Waals surface area contributed by atoms with Gasteiger partial charge in [-0.15, -0.1) is 10.2 Å². The molecule has 2 bridgehead atoms. The van der Waals surface area contributed by atoms with Crippen LogP contribution in [0.2, 0.25) is 0 Å². The Morgan fingerprint density at radius 1 is 0.909 bits per heavy atom. The zero-order valence-electron chi connectivity index (χ0n) is 23.7. The van der Waals surface area contributed by atoms with Crippen LogP contribution in [0.3, 0.4) is 0 Å². The van der Waals surface area contributed by atoms with E-state index in [-0.39, 0.29) is 29.3 Å². The zero-order valence-corrected chi connectivity index (χ0v) is 23.7. The molecular weight excluding hydrogens is 584 g/mol. The van der Waals surface area contributed by atoms with Crippen molar-refractivity contribution in [2.24, 2.45) is 7.05 Å². The summed E-state index contributed by atoms with van der Waals surface area (Å²) >= 11 is 0. The smallest absolute Gasteiger partial charge is 0.416 e. The summed E-state index contributed by atoms with van der Waals surface area (Å²) in [5, 5.41) is 12.9. The third-order valence-electron chi connectivity index (χ3n) is 8.68. The van der Waals surface area contributed by atoms with Crippen LogP contribution in [-0.4, -0.2) is 37.3 Å². The number of fused-ring (bicyclic) bond motifs is 2. The van der Waals surface area contributed by atoms with Crippen LogP contribution in [0.25, 0.3) is 5.76 Å². The second kappa shape index (κ2) is 11.1. The number of hydrogen-bond acceptors (Lipinski definition) is 5. The molecule has 0 N–H and O–H groups in total. The lowest BCUT2D eigenvalue weighted by Gasteiger charge is -2.50. The number of ether oxygens (including phenoxy) is 1. The number of alkyl halides is 6. The second-order valence-corrected chi connectivity index (χ2v) is 11.3. The van der Waals surface area contributed by atoms with E-state index in [0.717, 1.165) is 11.1 Å². The number of tetrazole rings is 1. The Labute approximate surface area is 249 Å². The van der Waals surface area contributed by atoms with Crippen LogP contribution in [0.1, 0.15) is 58.8 Å². The monoisotopic (exact) mass is 613 g/mol. The molecule has 2 aliphatic heterocycles. The molecule has 3 heterocycles.